The quantitative estimate of drug-likeness (QED) is 0.444. The van der Waals surface area contributed by atoms with Gasteiger partial charge in [-0.1, -0.05) is 26.0 Å². The summed E-state index contributed by atoms with van der Waals surface area (Å²) in [6, 6.07) is 12.1. The number of aromatic nitrogens is 1. The monoisotopic (exact) mass is 438 g/mol. The van der Waals surface area contributed by atoms with Crippen LogP contribution in [0.5, 0.6) is 5.75 Å². The summed E-state index contributed by atoms with van der Waals surface area (Å²) in [5, 5.41) is 16.2. The van der Waals surface area contributed by atoms with Gasteiger partial charge in [-0.05, 0) is 36.6 Å². The lowest BCUT2D eigenvalue weighted by molar-refractivity contribution is -0.384. The Morgan fingerprint density at radius 1 is 1.29 bits per heavy atom. The summed E-state index contributed by atoms with van der Waals surface area (Å²) in [5.41, 5.74) is 2.78. The summed E-state index contributed by atoms with van der Waals surface area (Å²) in [5.74, 6) is 0.933. The van der Waals surface area contributed by atoms with Crippen molar-refractivity contribution in [1.82, 2.24) is 4.57 Å². The smallest absolute Gasteiger partial charge is 0.294 e. The van der Waals surface area contributed by atoms with Gasteiger partial charge in [0.2, 0.25) is 0 Å². The molecule has 9 heteroatoms. The second kappa shape index (κ2) is 8.73. The van der Waals surface area contributed by atoms with Gasteiger partial charge >= 0.3 is 0 Å². The van der Waals surface area contributed by atoms with Crippen LogP contribution in [0.25, 0.3) is 11.3 Å². The highest BCUT2D eigenvalue weighted by atomic mass is 32.1. The molecule has 2 heterocycles. The Balaban J connectivity index is 1.82. The van der Waals surface area contributed by atoms with Gasteiger partial charge < -0.3 is 14.6 Å². The van der Waals surface area contributed by atoms with Gasteiger partial charge in [0.25, 0.3) is 11.6 Å². The number of amides is 1. The summed E-state index contributed by atoms with van der Waals surface area (Å²) in [4.78, 5) is 28.0. The van der Waals surface area contributed by atoms with Gasteiger partial charge in [-0.25, -0.2) is 4.99 Å². The van der Waals surface area contributed by atoms with E-state index in [4.69, 9.17) is 4.74 Å². The lowest BCUT2D eigenvalue weighted by atomic mass is 10.1. The number of nitrogens with one attached hydrogen (secondary N) is 1. The number of nitrogens with zero attached hydrogens (tertiary/aromatic N) is 3. The number of carbonyl (C=O) groups excluding carboxylic acids is 1. The molecule has 1 aliphatic heterocycles. The van der Waals surface area contributed by atoms with Crippen LogP contribution in [0.3, 0.4) is 0 Å². The first-order valence-corrected chi connectivity index (χ1v) is 10.8. The third-order valence-electron chi connectivity index (χ3n) is 4.93. The molecule has 0 atom stereocenters. The standard InChI is InChI=1S/C22H22N4O4S/c1-14(2)9-10-25-19(15-7-8-20-17(11-15)23-21(27)12-30-20)13-31-22(25)24-16-5-3-4-6-18(16)26(28)29/h3-8,11,13-14H,9-10,12H2,1-2H3,(H,23,27). The fraction of sp³-hybridized carbons (Fsp3) is 0.273. The van der Waals surface area contributed by atoms with Crippen molar-refractivity contribution >= 4 is 34.3 Å². The summed E-state index contributed by atoms with van der Waals surface area (Å²) in [6.07, 6.45) is 0.929. The molecule has 0 saturated carbocycles. The molecule has 0 saturated heterocycles. The highest BCUT2D eigenvalue weighted by Gasteiger charge is 2.18. The second-order valence-corrected chi connectivity index (χ2v) is 8.48. The Morgan fingerprint density at radius 3 is 2.87 bits per heavy atom. The highest BCUT2D eigenvalue weighted by Crippen LogP contribution is 2.33. The van der Waals surface area contributed by atoms with Gasteiger partial charge in [-0.3, -0.25) is 14.9 Å². The molecule has 1 N–H and O–H groups in total. The number of hydrogen-bond donors (Lipinski definition) is 1. The molecular weight excluding hydrogens is 416 g/mol. The number of anilines is 1. The molecule has 0 radical (unpaired) electrons. The van der Waals surface area contributed by atoms with Crippen molar-refractivity contribution in [3.05, 3.63) is 62.8 Å². The lowest BCUT2D eigenvalue weighted by Gasteiger charge is -2.19. The Bertz CT molecular complexity index is 1210. The molecule has 0 aliphatic carbocycles. The first-order valence-electron chi connectivity index (χ1n) is 9.96. The van der Waals surface area contributed by atoms with Crippen molar-refractivity contribution < 1.29 is 14.5 Å². The Morgan fingerprint density at radius 2 is 2.10 bits per heavy atom. The van der Waals surface area contributed by atoms with E-state index in [9.17, 15) is 14.9 Å². The van der Waals surface area contributed by atoms with Crippen LogP contribution >= 0.6 is 11.3 Å². The molecule has 0 spiro atoms. The van der Waals surface area contributed by atoms with E-state index in [0.717, 1.165) is 24.2 Å². The number of nitro benzene ring substituents is 1. The minimum absolute atomic E-state index is 0.0120. The molecule has 160 valence electrons. The van der Waals surface area contributed by atoms with E-state index in [1.807, 2.05) is 23.6 Å². The predicted octanol–water partition coefficient (Wildman–Crippen LogP) is 4.73. The van der Waals surface area contributed by atoms with Crippen molar-refractivity contribution in [2.24, 2.45) is 10.9 Å². The van der Waals surface area contributed by atoms with E-state index in [2.05, 4.69) is 28.7 Å². The van der Waals surface area contributed by atoms with E-state index >= 15 is 0 Å². The minimum atomic E-state index is -0.419. The van der Waals surface area contributed by atoms with Crippen LogP contribution in [0.2, 0.25) is 0 Å². The molecule has 8 nitrogen and oxygen atoms in total. The van der Waals surface area contributed by atoms with E-state index in [-0.39, 0.29) is 18.2 Å². The van der Waals surface area contributed by atoms with E-state index in [1.165, 1.54) is 17.4 Å². The van der Waals surface area contributed by atoms with Crippen molar-refractivity contribution in [2.45, 2.75) is 26.8 Å². The second-order valence-electron chi connectivity index (χ2n) is 7.64. The summed E-state index contributed by atoms with van der Waals surface area (Å²) >= 11 is 1.43. The maximum atomic E-state index is 11.7. The first kappa shape index (κ1) is 20.8. The zero-order valence-electron chi connectivity index (χ0n) is 17.2. The van der Waals surface area contributed by atoms with Gasteiger partial charge in [0, 0.05) is 23.6 Å². The number of hydrogen-bond acceptors (Lipinski definition) is 6. The number of ether oxygens (including phenoxy) is 1. The molecular formula is C22H22N4O4S. The van der Waals surface area contributed by atoms with Crippen molar-refractivity contribution in [1.29, 1.82) is 0 Å². The zero-order chi connectivity index (χ0) is 22.0. The van der Waals surface area contributed by atoms with E-state index in [0.29, 0.717) is 27.8 Å². The molecule has 0 bridgehead atoms. The van der Waals surface area contributed by atoms with Crippen molar-refractivity contribution in [3.8, 4) is 17.0 Å². The van der Waals surface area contributed by atoms with Crippen LogP contribution in [-0.2, 0) is 11.3 Å². The number of para-hydroxylation sites is 2. The molecule has 1 aliphatic rings. The molecule has 1 aromatic heterocycles. The van der Waals surface area contributed by atoms with Gasteiger partial charge in [0.05, 0.1) is 16.3 Å². The van der Waals surface area contributed by atoms with Gasteiger partial charge in [0.1, 0.15) is 11.4 Å². The van der Waals surface area contributed by atoms with E-state index in [1.54, 1.807) is 18.2 Å². The third-order valence-corrected chi connectivity index (χ3v) is 5.79. The van der Waals surface area contributed by atoms with Crippen LogP contribution in [0, 0.1) is 16.0 Å². The topological polar surface area (TPSA) is 98.8 Å². The Hall–Kier alpha value is -3.46. The maximum absolute atomic E-state index is 11.7. The largest absolute Gasteiger partial charge is 0.482 e. The Kier molecular flexibility index (Phi) is 5.85. The number of benzene rings is 2. The predicted molar refractivity (Wildman–Crippen MR) is 120 cm³/mol. The molecule has 4 rings (SSSR count). The average molecular weight is 439 g/mol. The van der Waals surface area contributed by atoms with E-state index < -0.39 is 4.92 Å². The van der Waals surface area contributed by atoms with Crippen LogP contribution < -0.4 is 14.9 Å². The van der Waals surface area contributed by atoms with Gasteiger partial charge in [-0.15, -0.1) is 11.3 Å². The average Bonchev–Trinajstić information content (AvgIpc) is 3.14. The molecule has 31 heavy (non-hydrogen) atoms. The first-order chi connectivity index (χ1) is 14.9. The molecule has 1 amide bonds. The number of thiazole rings is 1. The number of carbonyl (C=O) groups is 1. The van der Waals surface area contributed by atoms with Gasteiger partial charge in [0.15, 0.2) is 11.4 Å². The molecule has 2 aromatic carbocycles. The fourth-order valence-corrected chi connectivity index (χ4v) is 4.26. The number of fused-ring (bicyclic) bond motifs is 1. The highest BCUT2D eigenvalue weighted by molar-refractivity contribution is 7.07. The molecule has 3 aromatic rings. The number of rotatable bonds is 6. The van der Waals surface area contributed by atoms with Gasteiger partial charge in [-0.2, -0.15) is 0 Å². The van der Waals surface area contributed by atoms with Crippen LogP contribution in [0.4, 0.5) is 17.1 Å². The van der Waals surface area contributed by atoms with Crippen molar-refractivity contribution in [3.63, 3.8) is 0 Å². The van der Waals surface area contributed by atoms with Crippen LogP contribution in [0.15, 0.2) is 52.8 Å². The molecule has 0 fully saturated rings. The summed E-state index contributed by atoms with van der Waals surface area (Å²) in [7, 11) is 0. The van der Waals surface area contributed by atoms with Crippen LogP contribution in [0.1, 0.15) is 20.3 Å². The summed E-state index contributed by atoms with van der Waals surface area (Å²) < 4.78 is 7.53. The van der Waals surface area contributed by atoms with Crippen molar-refractivity contribution in [2.75, 3.05) is 11.9 Å². The summed E-state index contributed by atoms with van der Waals surface area (Å²) in [6.45, 7) is 5.03. The minimum Gasteiger partial charge on any atom is -0.482 e. The van der Waals surface area contributed by atoms with Crippen LogP contribution in [-0.4, -0.2) is 22.0 Å². The molecule has 0 unspecified atom stereocenters. The lowest BCUT2D eigenvalue weighted by Crippen LogP contribution is -2.25. The SMILES string of the molecule is CC(C)CCn1c(-c2ccc3c(c2)NC(=O)CO3)csc1=Nc1ccccc1[N+](=O)[O-]. The third kappa shape index (κ3) is 4.51. The normalized spacial score (nSPS) is 13.6. The fourth-order valence-electron chi connectivity index (χ4n) is 3.31. The maximum Gasteiger partial charge on any atom is 0.294 e. The number of nitro groups is 1. The zero-order valence-corrected chi connectivity index (χ0v) is 18.0. The Labute approximate surface area is 183 Å².